The van der Waals surface area contributed by atoms with Crippen molar-refractivity contribution in [3.8, 4) is 11.3 Å². The molecular weight excluding hydrogens is 510 g/mol. The third-order valence-electron chi connectivity index (χ3n) is 7.96. The van der Waals surface area contributed by atoms with Crippen LogP contribution in [-0.2, 0) is 16.1 Å². The number of nitrogens with zero attached hydrogens (tertiary/aromatic N) is 7. The van der Waals surface area contributed by atoms with Crippen LogP contribution in [-0.4, -0.2) is 99.9 Å². The number of morpholine rings is 1. The minimum atomic E-state index is -1.42. The number of aromatic nitrogens is 3. The Labute approximate surface area is 233 Å². The molecule has 3 amide bonds. The van der Waals surface area contributed by atoms with E-state index in [1.54, 1.807) is 16.8 Å². The SMILES string of the molecule is CN1Cc2cnc3ccc(-c4ccc(N5CCOCC5)nc4)nc3c2N(C2CCN(C(=O)C(C)(C)O)CC2)C1=O. The fraction of sp³-hybridized carbons (Fsp3) is 0.483. The second kappa shape index (κ2) is 10.3. The van der Waals surface area contributed by atoms with Gasteiger partial charge in [-0.25, -0.2) is 14.8 Å². The van der Waals surface area contributed by atoms with E-state index >= 15 is 0 Å². The number of rotatable bonds is 4. The molecule has 2 saturated heterocycles. The summed E-state index contributed by atoms with van der Waals surface area (Å²) in [7, 11) is 1.79. The van der Waals surface area contributed by atoms with Gasteiger partial charge in [0, 0.05) is 62.8 Å². The molecule has 0 bridgehead atoms. The van der Waals surface area contributed by atoms with Crippen molar-refractivity contribution < 1.29 is 19.4 Å². The summed E-state index contributed by atoms with van der Waals surface area (Å²) in [6.45, 7) is 7.45. The number of aliphatic hydroxyl groups is 1. The van der Waals surface area contributed by atoms with Gasteiger partial charge in [-0.1, -0.05) is 0 Å². The maximum atomic E-state index is 13.6. The number of anilines is 2. The van der Waals surface area contributed by atoms with Gasteiger partial charge in [0.2, 0.25) is 0 Å². The van der Waals surface area contributed by atoms with Gasteiger partial charge in [0.25, 0.3) is 5.91 Å². The van der Waals surface area contributed by atoms with E-state index in [-0.39, 0.29) is 18.0 Å². The number of hydrogen-bond acceptors (Lipinski definition) is 8. The number of amides is 3. The van der Waals surface area contributed by atoms with Crippen molar-refractivity contribution in [2.24, 2.45) is 0 Å². The molecule has 0 atom stereocenters. The monoisotopic (exact) mass is 545 g/mol. The van der Waals surface area contributed by atoms with Crippen molar-refractivity contribution in [3.63, 3.8) is 0 Å². The quantitative estimate of drug-likeness (QED) is 0.532. The van der Waals surface area contributed by atoms with E-state index < -0.39 is 5.60 Å². The number of likely N-dealkylation sites (tertiary alicyclic amines) is 1. The average molecular weight is 546 g/mol. The first-order chi connectivity index (χ1) is 19.2. The molecule has 3 aliphatic rings. The van der Waals surface area contributed by atoms with Crippen molar-refractivity contribution in [2.75, 3.05) is 56.2 Å². The van der Waals surface area contributed by atoms with Crippen LogP contribution in [0.3, 0.4) is 0 Å². The first kappa shape index (κ1) is 26.4. The fourth-order valence-electron chi connectivity index (χ4n) is 5.81. The number of piperidine rings is 1. The van der Waals surface area contributed by atoms with E-state index in [4.69, 9.17) is 9.72 Å². The molecule has 0 saturated carbocycles. The zero-order chi connectivity index (χ0) is 28.0. The van der Waals surface area contributed by atoms with Gasteiger partial charge < -0.3 is 24.5 Å². The highest BCUT2D eigenvalue weighted by atomic mass is 16.5. The van der Waals surface area contributed by atoms with Crippen molar-refractivity contribution in [2.45, 2.75) is 44.9 Å². The Kier molecular flexibility index (Phi) is 6.79. The van der Waals surface area contributed by atoms with Crippen LogP contribution in [0.4, 0.5) is 16.3 Å². The summed E-state index contributed by atoms with van der Waals surface area (Å²) in [5, 5.41) is 10.2. The molecule has 3 aromatic rings. The molecule has 0 aliphatic carbocycles. The van der Waals surface area contributed by atoms with Crippen LogP contribution < -0.4 is 9.80 Å². The second-order valence-electron chi connectivity index (χ2n) is 11.3. The fourth-order valence-corrected chi connectivity index (χ4v) is 5.81. The molecular formula is C29H35N7O4. The molecule has 6 heterocycles. The standard InChI is InChI=1S/C29H35N7O4/c1-29(2,39)27(37)35-10-8-21(9-11-35)36-26-20(18-33(3)28(36)38)17-30-23-6-5-22(32-25(23)26)19-4-7-24(31-16-19)34-12-14-40-15-13-34/h4-7,16-17,21,39H,8-15,18H2,1-3H3. The molecule has 1 N–H and O–H groups in total. The van der Waals surface area contributed by atoms with E-state index in [9.17, 15) is 14.7 Å². The summed E-state index contributed by atoms with van der Waals surface area (Å²) >= 11 is 0. The molecule has 0 radical (unpaired) electrons. The second-order valence-corrected chi connectivity index (χ2v) is 11.3. The summed E-state index contributed by atoms with van der Waals surface area (Å²) in [6.07, 6.45) is 4.89. The van der Waals surface area contributed by atoms with E-state index in [0.29, 0.717) is 51.2 Å². The molecule has 0 spiro atoms. The number of carbonyl (C=O) groups is 2. The lowest BCUT2D eigenvalue weighted by Crippen LogP contribution is -2.56. The first-order valence-electron chi connectivity index (χ1n) is 13.8. The Morgan fingerprint density at radius 1 is 1.02 bits per heavy atom. The molecule has 11 heteroatoms. The Hall–Kier alpha value is -3.83. The Morgan fingerprint density at radius 2 is 1.77 bits per heavy atom. The minimum Gasteiger partial charge on any atom is -0.381 e. The van der Waals surface area contributed by atoms with Gasteiger partial charge in [-0.15, -0.1) is 0 Å². The maximum absolute atomic E-state index is 13.6. The molecule has 210 valence electrons. The summed E-state index contributed by atoms with van der Waals surface area (Å²) in [4.78, 5) is 48.1. The molecule has 2 fully saturated rings. The van der Waals surface area contributed by atoms with Crippen LogP contribution in [0.25, 0.3) is 22.3 Å². The Bertz CT molecular complexity index is 1420. The van der Waals surface area contributed by atoms with Crippen LogP contribution in [0.2, 0.25) is 0 Å². The van der Waals surface area contributed by atoms with Crippen LogP contribution in [0, 0.1) is 0 Å². The van der Waals surface area contributed by atoms with Gasteiger partial charge in [-0.05, 0) is 51.0 Å². The highest BCUT2D eigenvalue weighted by Gasteiger charge is 2.39. The van der Waals surface area contributed by atoms with E-state index in [1.165, 1.54) is 13.8 Å². The normalized spacial score (nSPS) is 18.9. The number of ether oxygens (including phenoxy) is 1. The molecule has 40 heavy (non-hydrogen) atoms. The summed E-state index contributed by atoms with van der Waals surface area (Å²) in [5.41, 5.74) is 3.37. The zero-order valence-electron chi connectivity index (χ0n) is 23.2. The van der Waals surface area contributed by atoms with Crippen molar-refractivity contribution in [1.29, 1.82) is 0 Å². The number of pyridine rings is 3. The Balaban J connectivity index is 1.33. The van der Waals surface area contributed by atoms with Gasteiger partial charge in [0.1, 0.15) is 16.9 Å². The topological polar surface area (TPSA) is 115 Å². The van der Waals surface area contributed by atoms with Crippen molar-refractivity contribution >= 4 is 34.5 Å². The zero-order valence-corrected chi connectivity index (χ0v) is 23.2. The van der Waals surface area contributed by atoms with Gasteiger partial charge in [-0.3, -0.25) is 14.7 Å². The lowest BCUT2D eigenvalue weighted by Gasteiger charge is -2.43. The third kappa shape index (κ3) is 4.84. The summed E-state index contributed by atoms with van der Waals surface area (Å²) in [5.74, 6) is 0.628. The van der Waals surface area contributed by atoms with E-state index in [0.717, 1.165) is 46.9 Å². The van der Waals surface area contributed by atoms with Crippen molar-refractivity contribution in [3.05, 3.63) is 42.2 Å². The molecule has 0 unspecified atom stereocenters. The third-order valence-corrected chi connectivity index (χ3v) is 7.96. The first-order valence-corrected chi connectivity index (χ1v) is 13.8. The predicted octanol–water partition coefficient (Wildman–Crippen LogP) is 2.66. The number of hydrogen-bond donors (Lipinski definition) is 1. The minimum absolute atomic E-state index is 0.0870. The largest absolute Gasteiger partial charge is 0.381 e. The lowest BCUT2D eigenvalue weighted by molar-refractivity contribution is -0.148. The number of fused-ring (bicyclic) bond motifs is 3. The van der Waals surface area contributed by atoms with Gasteiger partial charge in [-0.2, -0.15) is 0 Å². The average Bonchev–Trinajstić information content (AvgIpc) is 2.97. The van der Waals surface area contributed by atoms with E-state index in [1.807, 2.05) is 41.6 Å². The number of carbonyl (C=O) groups excluding carboxylic acids is 2. The highest BCUT2D eigenvalue weighted by molar-refractivity contribution is 6.04. The highest BCUT2D eigenvalue weighted by Crippen LogP contribution is 2.38. The van der Waals surface area contributed by atoms with Gasteiger partial charge >= 0.3 is 6.03 Å². The molecule has 0 aromatic carbocycles. The number of urea groups is 1. The van der Waals surface area contributed by atoms with E-state index in [2.05, 4.69) is 14.9 Å². The molecule has 3 aromatic heterocycles. The van der Waals surface area contributed by atoms with Crippen LogP contribution in [0.5, 0.6) is 0 Å². The summed E-state index contributed by atoms with van der Waals surface area (Å²) < 4.78 is 5.45. The van der Waals surface area contributed by atoms with Gasteiger partial charge in [0.15, 0.2) is 0 Å². The maximum Gasteiger partial charge on any atom is 0.324 e. The smallest absolute Gasteiger partial charge is 0.324 e. The molecule has 11 nitrogen and oxygen atoms in total. The van der Waals surface area contributed by atoms with Crippen molar-refractivity contribution in [1.82, 2.24) is 24.8 Å². The summed E-state index contributed by atoms with van der Waals surface area (Å²) in [6, 6.07) is 7.73. The van der Waals surface area contributed by atoms with Crippen LogP contribution >= 0.6 is 0 Å². The molecule has 3 aliphatic heterocycles. The van der Waals surface area contributed by atoms with Crippen LogP contribution in [0.1, 0.15) is 32.3 Å². The van der Waals surface area contributed by atoms with Crippen LogP contribution in [0.15, 0.2) is 36.7 Å². The predicted molar refractivity (Wildman–Crippen MR) is 151 cm³/mol. The molecule has 6 rings (SSSR count). The lowest BCUT2D eigenvalue weighted by atomic mass is 9.98. The van der Waals surface area contributed by atoms with Gasteiger partial charge in [0.05, 0.1) is 36.7 Å². The Morgan fingerprint density at radius 3 is 2.45 bits per heavy atom.